The summed E-state index contributed by atoms with van der Waals surface area (Å²) in [5.41, 5.74) is 1.88. The quantitative estimate of drug-likeness (QED) is 0.782. The van der Waals surface area contributed by atoms with Crippen LogP contribution in [0, 0.1) is 12.7 Å². The molecule has 0 unspecified atom stereocenters. The minimum Gasteiger partial charge on any atom is -0.441 e. The van der Waals surface area contributed by atoms with Gasteiger partial charge in [0.05, 0.1) is 11.9 Å². The molecule has 0 radical (unpaired) electrons. The van der Waals surface area contributed by atoms with Crippen LogP contribution in [0.15, 0.2) is 53.1 Å². The summed E-state index contributed by atoms with van der Waals surface area (Å²) in [6.07, 6.45) is 1.55. The summed E-state index contributed by atoms with van der Waals surface area (Å²) in [5.74, 6) is 0.468. The van der Waals surface area contributed by atoms with Gasteiger partial charge in [-0.2, -0.15) is 0 Å². The van der Waals surface area contributed by atoms with Gasteiger partial charge in [0, 0.05) is 18.5 Å². The highest BCUT2D eigenvalue weighted by molar-refractivity contribution is 5.92. The lowest BCUT2D eigenvalue weighted by atomic mass is 10.2. The number of amides is 1. The van der Waals surface area contributed by atoms with Gasteiger partial charge in [-0.15, -0.1) is 0 Å². The van der Waals surface area contributed by atoms with Crippen molar-refractivity contribution < 1.29 is 13.6 Å². The molecule has 0 atom stereocenters. The van der Waals surface area contributed by atoms with Crippen molar-refractivity contribution in [3.05, 3.63) is 71.6 Å². The Labute approximate surface area is 138 Å². The number of rotatable bonds is 5. The zero-order valence-corrected chi connectivity index (χ0v) is 13.1. The standard InChI is InChI=1S/C18H16FN3O2/c1-12-15(22-18(24-12)13-5-3-2-4-6-13)9-10-20-17(23)16-8-7-14(19)11-21-16/h2-8,11H,9-10H2,1H3,(H,20,23). The molecule has 0 aliphatic heterocycles. The average molecular weight is 325 g/mol. The van der Waals surface area contributed by atoms with Gasteiger partial charge in [-0.05, 0) is 31.2 Å². The van der Waals surface area contributed by atoms with Crippen molar-refractivity contribution in [3.8, 4) is 11.5 Å². The largest absolute Gasteiger partial charge is 0.441 e. The third kappa shape index (κ3) is 3.65. The van der Waals surface area contributed by atoms with Gasteiger partial charge in [-0.25, -0.2) is 14.4 Å². The Morgan fingerprint density at radius 1 is 1.21 bits per heavy atom. The molecule has 0 aliphatic carbocycles. The summed E-state index contributed by atoms with van der Waals surface area (Å²) >= 11 is 0. The van der Waals surface area contributed by atoms with Crippen LogP contribution in [0.4, 0.5) is 4.39 Å². The number of hydrogen-bond donors (Lipinski definition) is 1. The summed E-state index contributed by atoms with van der Waals surface area (Å²) in [6, 6.07) is 12.2. The molecule has 1 amide bonds. The molecule has 0 saturated carbocycles. The van der Waals surface area contributed by atoms with E-state index in [9.17, 15) is 9.18 Å². The topological polar surface area (TPSA) is 68.0 Å². The van der Waals surface area contributed by atoms with Crippen LogP contribution in [0.5, 0.6) is 0 Å². The maximum absolute atomic E-state index is 12.8. The first-order chi connectivity index (χ1) is 11.6. The molecule has 0 saturated heterocycles. The Kier molecular flexibility index (Phi) is 4.65. The maximum Gasteiger partial charge on any atom is 0.269 e. The van der Waals surface area contributed by atoms with Crippen molar-refractivity contribution in [1.29, 1.82) is 0 Å². The van der Waals surface area contributed by atoms with Gasteiger partial charge in [0.1, 0.15) is 17.3 Å². The molecule has 6 heteroatoms. The molecule has 122 valence electrons. The van der Waals surface area contributed by atoms with Crippen LogP contribution in [0.1, 0.15) is 21.9 Å². The fourth-order valence-corrected chi connectivity index (χ4v) is 2.26. The van der Waals surface area contributed by atoms with Gasteiger partial charge in [0.15, 0.2) is 0 Å². The molecule has 1 N–H and O–H groups in total. The van der Waals surface area contributed by atoms with Crippen molar-refractivity contribution >= 4 is 5.91 Å². The van der Waals surface area contributed by atoms with Crippen LogP contribution >= 0.6 is 0 Å². The molecule has 0 spiro atoms. The third-order valence-corrected chi connectivity index (χ3v) is 3.52. The first-order valence-electron chi connectivity index (χ1n) is 7.55. The summed E-state index contributed by atoms with van der Waals surface area (Å²) in [7, 11) is 0. The van der Waals surface area contributed by atoms with Crippen molar-refractivity contribution in [2.45, 2.75) is 13.3 Å². The molecule has 3 rings (SSSR count). The Bertz CT molecular complexity index is 829. The summed E-state index contributed by atoms with van der Waals surface area (Å²) in [6.45, 7) is 2.23. The number of oxazole rings is 1. The zero-order valence-electron chi connectivity index (χ0n) is 13.1. The number of carbonyl (C=O) groups is 1. The Hall–Kier alpha value is -3.02. The number of aryl methyl sites for hydroxylation is 1. The van der Waals surface area contributed by atoms with E-state index in [-0.39, 0.29) is 11.6 Å². The van der Waals surface area contributed by atoms with Crippen molar-refractivity contribution in [1.82, 2.24) is 15.3 Å². The number of hydrogen-bond acceptors (Lipinski definition) is 4. The van der Waals surface area contributed by atoms with E-state index >= 15 is 0 Å². The van der Waals surface area contributed by atoms with Crippen molar-refractivity contribution in [3.63, 3.8) is 0 Å². The summed E-state index contributed by atoms with van der Waals surface area (Å²) in [4.78, 5) is 20.1. The number of carbonyl (C=O) groups excluding carboxylic acids is 1. The first-order valence-corrected chi connectivity index (χ1v) is 7.55. The molecule has 0 aliphatic rings. The molecule has 2 aromatic heterocycles. The second kappa shape index (κ2) is 7.04. The molecular weight excluding hydrogens is 309 g/mol. The SMILES string of the molecule is Cc1oc(-c2ccccc2)nc1CCNC(=O)c1ccc(F)cn1. The summed E-state index contributed by atoms with van der Waals surface area (Å²) < 4.78 is 18.5. The third-order valence-electron chi connectivity index (χ3n) is 3.52. The Morgan fingerprint density at radius 2 is 2.00 bits per heavy atom. The van der Waals surface area contributed by atoms with Gasteiger partial charge in [0.2, 0.25) is 5.89 Å². The number of benzene rings is 1. The van der Waals surface area contributed by atoms with Gasteiger partial charge in [0.25, 0.3) is 5.91 Å². The average Bonchev–Trinajstić information content (AvgIpc) is 2.97. The molecule has 24 heavy (non-hydrogen) atoms. The van der Waals surface area contributed by atoms with Gasteiger partial charge in [-0.1, -0.05) is 18.2 Å². The van der Waals surface area contributed by atoms with E-state index in [2.05, 4.69) is 15.3 Å². The van der Waals surface area contributed by atoms with Gasteiger partial charge < -0.3 is 9.73 Å². The van der Waals surface area contributed by atoms with E-state index in [4.69, 9.17) is 4.42 Å². The Morgan fingerprint density at radius 3 is 2.71 bits per heavy atom. The van der Waals surface area contributed by atoms with Crippen LogP contribution < -0.4 is 5.32 Å². The highest BCUT2D eigenvalue weighted by atomic mass is 19.1. The number of nitrogens with zero attached hydrogens (tertiary/aromatic N) is 2. The number of halogens is 1. The lowest BCUT2D eigenvalue weighted by Crippen LogP contribution is -2.26. The van der Waals surface area contributed by atoms with Gasteiger partial charge >= 0.3 is 0 Å². The highest BCUT2D eigenvalue weighted by Gasteiger charge is 2.12. The molecule has 1 aromatic carbocycles. The first kappa shape index (κ1) is 15.9. The molecule has 0 fully saturated rings. The number of nitrogens with one attached hydrogen (secondary N) is 1. The van der Waals surface area contributed by atoms with E-state index in [1.807, 2.05) is 37.3 Å². The van der Waals surface area contributed by atoms with Crippen molar-refractivity contribution in [2.24, 2.45) is 0 Å². The van der Waals surface area contributed by atoms with Crippen LogP contribution in [0.25, 0.3) is 11.5 Å². The summed E-state index contributed by atoms with van der Waals surface area (Å²) in [5, 5.41) is 2.74. The lowest BCUT2D eigenvalue weighted by Gasteiger charge is -2.03. The highest BCUT2D eigenvalue weighted by Crippen LogP contribution is 2.21. The van der Waals surface area contributed by atoms with Crippen LogP contribution in [0.2, 0.25) is 0 Å². The van der Waals surface area contributed by atoms with Gasteiger partial charge in [-0.3, -0.25) is 4.79 Å². The predicted molar refractivity (Wildman–Crippen MR) is 86.9 cm³/mol. The van der Waals surface area contributed by atoms with E-state index in [0.29, 0.717) is 18.9 Å². The molecular formula is C18H16FN3O2. The van der Waals surface area contributed by atoms with Crippen LogP contribution in [0.3, 0.4) is 0 Å². The fraction of sp³-hybridized carbons (Fsp3) is 0.167. The second-order valence-electron chi connectivity index (χ2n) is 5.26. The minimum absolute atomic E-state index is 0.179. The molecule has 5 nitrogen and oxygen atoms in total. The van der Waals surface area contributed by atoms with E-state index in [1.54, 1.807) is 0 Å². The van der Waals surface area contributed by atoms with Crippen molar-refractivity contribution in [2.75, 3.05) is 6.54 Å². The minimum atomic E-state index is -0.474. The van der Waals surface area contributed by atoms with E-state index in [1.165, 1.54) is 12.1 Å². The van der Waals surface area contributed by atoms with E-state index < -0.39 is 5.82 Å². The number of aromatic nitrogens is 2. The molecule has 3 aromatic rings. The normalized spacial score (nSPS) is 10.6. The molecule has 2 heterocycles. The van der Waals surface area contributed by atoms with Crippen LogP contribution in [-0.2, 0) is 6.42 Å². The lowest BCUT2D eigenvalue weighted by molar-refractivity contribution is 0.0949. The monoisotopic (exact) mass is 325 g/mol. The Balaban J connectivity index is 1.60. The van der Waals surface area contributed by atoms with E-state index in [0.717, 1.165) is 23.2 Å². The predicted octanol–water partition coefficient (Wildman–Crippen LogP) is 3.16. The van der Waals surface area contributed by atoms with Crippen LogP contribution in [-0.4, -0.2) is 22.4 Å². The fourth-order valence-electron chi connectivity index (χ4n) is 2.26. The maximum atomic E-state index is 12.8. The molecule has 0 bridgehead atoms. The zero-order chi connectivity index (χ0) is 16.9. The number of pyridine rings is 1. The smallest absolute Gasteiger partial charge is 0.269 e. The second-order valence-corrected chi connectivity index (χ2v) is 5.26.